The monoisotopic (exact) mass is 609 g/mol. The van der Waals surface area contributed by atoms with Gasteiger partial charge in [-0.3, -0.25) is 19.2 Å². The molecule has 10 heteroatoms. The summed E-state index contributed by atoms with van der Waals surface area (Å²) in [6.07, 6.45) is 4.77. The number of unbranched alkanes of at least 4 members (excludes halogenated alkanes) is 1. The fourth-order valence-corrected chi connectivity index (χ4v) is 6.95. The van der Waals surface area contributed by atoms with Crippen molar-refractivity contribution in [2.45, 2.75) is 88.7 Å². The largest absolute Gasteiger partial charge is 0.455 e. The van der Waals surface area contributed by atoms with Crippen molar-refractivity contribution in [1.82, 2.24) is 15.1 Å². The number of rotatable bonds is 15. The molecule has 2 bridgehead atoms. The second-order valence-electron chi connectivity index (χ2n) is 12.9. The summed E-state index contributed by atoms with van der Waals surface area (Å²) in [7, 11) is 0. The van der Waals surface area contributed by atoms with E-state index in [2.05, 4.69) is 18.5 Å². The van der Waals surface area contributed by atoms with Crippen molar-refractivity contribution in [3.8, 4) is 0 Å². The van der Waals surface area contributed by atoms with Crippen molar-refractivity contribution >= 4 is 23.7 Å². The van der Waals surface area contributed by atoms with Gasteiger partial charge < -0.3 is 29.7 Å². The molecule has 1 aromatic rings. The lowest BCUT2D eigenvalue weighted by Gasteiger charge is -2.42. The third-order valence-electron chi connectivity index (χ3n) is 8.99. The number of fused-ring (bicyclic) bond motifs is 1. The molecule has 4 rings (SSSR count). The molecule has 3 fully saturated rings. The highest BCUT2D eigenvalue weighted by Gasteiger charge is 2.75. The number of likely N-dealkylation sites (tertiary alicyclic amines) is 1. The topological polar surface area (TPSA) is 125 Å². The molecule has 44 heavy (non-hydrogen) atoms. The fourth-order valence-electron chi connectivity index (χ4n) is 6.95. The van der Waals surface area contributed by atoms with Crippen LogP contribution in [0.2, 0.25) is 0 Å². The minimum absolute atomic E-state index is 0.0294. The normalized spacial score (nSPS) is 26.2. The van der Waals surface area contributed by atoms with Crippen LogP contribution < -0.4 is 5.32 Å². The quantitative estimate of drug-likeness (QED) is 0.178. The Morgan fingerprint density at radius 3 is 2.57 bits per heavy atom. The standard InChI is InChI=1S/C34H47N3O7/c1-6-8-16-26(39)35-22-25(23-14-10-9-11-15-23)43-32(42)27-24-17-18-34(44-24)28(27)30(40)36(20-12-13-21-38)29(34)31(41)37(19-7-2)33(3,4)5/h6-7,9-11,14-15,24-25,27-29,38H,1-2,8,12-13,16-22H2,3-5H3,(H,35,39)/t24-,25-,27+,28+,29-,34+/m0/s1. The van der Waals surface area contributed by atoms with Gasteiger partial charge in [-0.2, -0.15) is 0 Å². The number of aliphatic hydroxyl groups is 1. The predicted octanol–water partition coefficient (Wildman–Crippen LogP) is 3.31. The van der Waals surface area contributed by atoms with Crippen LogP contribution in [0.3, 0.4) is 0 Å². The van der Waals surface area contributed by atoms with Crippen LogP contribution in [0.25, 0.3) is 0 Å². The number of amides is 3. The zero-order valence-electron chi connectivity index (χ0n) is 26.2. The first-order chi connectivity index (χ1) is 21.0. The number of hydrogen-bond acceptors (Lipinski definition) is 7. The lowest BCUT2D eigenvalue weighted by Crippen LogP contribution is -2.59. The van der Waals surface area contributed by atoms with Gasteiger partial charge in [-0.1, -0.05) is 42.5 Å². The van der Waals surface area contributed by atoms with E-state index in [0.29, 0.717) is 44.2 Å². The Morgan fingerprint density at radius 1 is 1.20 bits per heavy atom. The summed E-state index contributed by atoms with van der Waals surface area (Å²) in [5, 5.41) is 12.3. The van der Waals surface area contributed by atoms with Gasteiger partial charge in [0.15, 0.2) is 0 Å². The van der Waals surface area contributed by atoms with E-state index in [-0.39, 0.29) is 43.8 Å². The zero-order valence-corrected chi connectivity index (χ0v) is 26.2. The van der Waals surface area contributed by atoms with Gasteiger partial charge in [0, 0.05) is 31.7 Å². The second kappa shape index (κ2) is 14.1. The van der Waals surface area contributed by atoms with Crippen LogP contribution in [0.5, 0.6) is 0 Å². The molecule has 3 heterocycles. The fraction of sp³-hybridized carbons (Fsp3) is 0.588. The van der Waals surface area contributed by atoms with E-state index in [9.17, 15) is 24.3 Å². The van der Waals surface area contributed by atoms with Crippen LogP contribution in [-0.4, -0.2) is 88.1 Å². The Hall–Kier alpha value is -3.50. The highest BCUT2D eigenvalue weighted by molar-refractivity contribution is 5.98. The number of benzene rings is 1. The number of carbonyl (C=O) groups excluding carboxylic acids is 4. The van der Waals surface area contributed by atoms with Crippen molar-refractivity contribution in [1.29, 1.82) is 0 Å². The van der Waals surface area contributed by atoms with Crippen LogP contribution >= 0.6 is 0 Å². The summed E-state index contributed by atoms with van der Waals surface area (Å²) in [6, 6.07) is 8.25. The van der Waals surface area contributed by atoms with Crippen molar-refractivity contribution < 1.29 is 33.8 Å². The smallest absolute Gasteiger partial charge is 0.313 e. The minimum Gasteiger partial charge on any atom is -0.455 e. The number of aliphatic hydroxyl groups excluding tert-OH is 1. The predicted molar refractivity (Wildman–Crippen MR) is 165 cm³/mol. The van der Waals surface area contributed by atoms with Crippen LogP contribution in [0, 0.1) is 11.8 Å². The molecule has 1 spiro atoms. The average Bonchev–Trinajstić information content (AvgIpc) is 3.64. The van der Waals surface area contributed by atoms with Crippen LogP contribution in [0.4, 0.5) is 0 Å². The molecule has 1 aromatic carbocycles. The third-order valence-corrected chi connectivity index (χ3v) is 8.99. The molecule has 3 aliphatic heterocycles. The van der Waals surface area contributed by atoms with Gasteiger partial charge in [0.05, 0.1) is 24.5 Å². The minimum atomic E-state index is -1.16. The molecule has 3 saturated heterocycles. The summed E-state index contributed by atoms with van der Waals surface area (Å²) < 4.78 is 12.6. The van der Waals surface area contributed by atoms with E-state index >= 15 is 0 Å². The van der Waals surface area contributed by atoms with Crippen molar-refractivity contribution in [2.24, 2.45) is 11.8 Å². The molecule has 3 aliphatic rings. The Bertz CT molecular complexity index is 1230. The molecule has 6 atom stereocenters. The maximum absolute atomic E-state index is 14.4. The van der Waals surface area contributed by atoms with E-state index in [4.69, 9.17) is 9.47 Å². The maximum atomic E-state index is 14.4. The van der Waals surface area contributed by atoms with E-state index in [1.807, 2.05) is 51.1 Å². The van der Waals surface area contributed by atoms with Gasteiger partial charge in [-0.15, -0.1) is 13.2 Å². The Morgan fingerprint density at radius 2 is 1.93 bits per heavy atom. The summed E-state index contributed by atoms with van der Waals surface area (Å²) in [6.45, 7) is 13.9. The lowest BCUT2D eigenvalue weighted by atomic mass is 9.70. The molecule has 240 valence electrons. The number of nitrogens with zero attached hydrogens (tertiary/aromatic N) is 2. The van der Waals surface area contributed by atoms with Gasteiger partial charge in [-0.05, 0) is 58.4 Å². The first-order valence-electron chi connectivity index (χ1n) is 15.6. The average molecular weight is 610 g/mol. The molecular formula is C34H47N3O7. The maximum Gasteiger partial charge on any atom is 0.313 e. The van der Waals surface area contributed by atoms with Crippen molar-refractivity contribution in [2.75, 3.05) is 26.2 Å². The molecule has 3 amide bonds. The number of esters is 1. The van der Waals surface area contributed by atoms with E-state index in [1.165, 1.54) is 0 Å². The number of nitrogens with one attached hydrogen (secondary N) is 1. The number of carbonyl (C=O) groups is 4. The molecule has 2 N–H and O–H groups in total. The van der Waals surface area contributed by atoms with Gasteiger partial charge in [0.2, 0.25) is 17.7 Å². The second-order valence-corrected chi connectivity index (χ2v) is 12.9. The van der Waals surface area contributed by atoms with Crippen LogP contribution in [-0.2, 0) is 28.7 Å². The van der Waals surface area contributed by atoms with Gasteiger partial charge >= 0.3 is 5.97 Å². The molecular weight excluding hydrogens is 562 g/mol. The van der Waals surface area contributed by atoms with Crippen LogP contribution in [0.15, 0.2) is 55.6 Å². The summed E-state index contributed by atoms with van der Waals surface area (Å²) >= 11 is 0. The Labute approximate surface area is 260 Å². The number of allylic oxidation sites excluding steroid dienone is 1. The highest BCUT2D eigenvalue weighted by Crippen LogP contribution is 2.59. The van der Waals surface area contributed by atoms with Crippen LogP contribution in [0.1, 0.15) is 71.0 Å². The summed E-state index contributed by atoms with van der Waals surface area (Å²) in [5.41, 5.74) is -0.994. The molecule has 0 aliphatic carbocycles. The Kier molecular flexibility index (Phi) is 10.7. The Balaban J connectivity index is 1.64. The van der Waals surface area contributed by atoms with Gasteiger partial charge in [0.25, 0.3) is 0 Å². The molecule has 0 radical (unpaired) electrons. The molecule has 0 unspecified atom stereocenters. The van der Waals surface area contributed by atoms with Gasteiger partial charge in [-0.25, -0.2) is 0 Å². The first kappa shape index (κ1) is 33.4. The summed E-state index contributed by atoms with van der Waals surface area (Å²) in [4.78, 5) is 58.2. The van der Waals surface area contributed by atoms with Gasteiger partial charge in [0.1, 0.15) is 17.7 Å². The van der Waals surface area contributed by atoms with E-state index < -0.39 is 47.2 Å². The molecule has 0 aromatic heterocycles. The number of ether oxygens (including phenoxy) is 2. The third kappa shape index (κ3) is 6.61. The van der Waals surface area contributed by atoms with E-state index in [1.54, 1.807) is 22.0 Å². The van der Waals surface area contributed by atoms with Crippen molar-refractivity contribution in [3.05, 3.63) is 61.2 Å². The zero-order chi connectivity index (χ0) is 32.1. The molecule has 0 saturated carbocycles. The molecule has 10 nitrogen and oxygen atoms in total. The summed E-state index contributed by atoms with van der Waals surface area (Å²) in [5.74, 6) is -3.06. The SMILES string of the molecule is C=CCCC(=O)NC[C@H](OC(=O)[C@@H]1[C@@H]2CC[C@]3(O2)[C@H](C(=O)N(CC=C)C(C)(C)C)N(CCCCO)C(=O)[C@@H]13)c1ccccc1. The number of hydrogen-bond donors (Lipinski definition) is 2. The lowest BCUT2D eigenvalue weighted by molar-refractivity contribution is -0.160. The van der Waals surface area contributed by atoms with Crippen molar-refractivity contribution in [3.63, 3.8) is 0 Å². The van der Waals surface area contributed by atoms with E-state index in [0.717, 1.165) is 0 Å². The highest BCUT2D eigenvalue weighted by atomic mass is 16.6. The first-order valence-corrected chi connectivity index (χ1v) is 15.6.